The van der Waals surface area contributed by atoms with Gasteiger partial charge in [-0.1, -0.05) is 35.9 Å². The monoisotopic (exact) mass is 244 g/mol. The minimum Gasteiger partial charge on any atom is -0.493 e. The molecule has 2 rings (SSSR count). The molecule has 0 saturated heterocycles. The lowest BCUT2D eigenvalue weighted by Crippen LogP contribution is -1.92. The highest BCUT2D eigenvalue weighted by Gasteiger charge is 2.03. The first-order valence-electron chi connectivity index (χ1n) is 5.73. The second kappa shape index (κ2) is 5.28. The van der Waals surface area contributed by atoms with E-state index in [0.29, 0.717) is 6.61 Å². The van der Waals surface area contributed by atoms with Gasteiger partial charge in [0.15, 0.2) is 0 Å². The zero-order chi connectivity index (χ0) is 12.3. The van der Waals surface area contributed by atoms with Gasteiger partial charge in [0.1, 0.15) is 5.75 Å². The molecule has 2 heteroatoms. The first-order chi connectivity index (χ1) is 8.20. The van der Waals surface area contributed by atoms with Crippen molar-refractivity contribution in [3.8, 4) is 16.9 Å². The van der Waals surface area contributed by atoms with E-state index in [1.165, 1.54) is 16.7 Å². The lowest BCUT2D eigenvalue weighted by molar-refractivity contribution is 0.332. The summed E-state index contributed by atoms with van der Waals surface area (Å²) in [6, 6.07) is 14.5. The molecule has 17 heavy (non-hydrogen) atoms. The Balaban J connectivity index is 2.37. The fraction of sp³-hybridized carbons (Fsp3) is 0.200. The molecule has 0 spiro atoms. The van der Waals surface area contributed by atoms with Crippen molar-refractivity contribution in [2.75, 3.05) is 6.61 Å². The zero-order valence-corrected chi connectivity index (χ0v) is 11.0. The van der Waals surface area contributed by atoms with Crippen LogP contribution in [0.15, 0.2) is 47.4 Å². The topological polar surface area (TPSA) is 9.23 Å². The predicted molar refractivity (Wildman–Crippen MR) is 75.0 cm³/mol. The van der Waals surface area contributed by atoms with Gasteiger partial charge in [-0.3, -0.25) is 0 Å². The second-order valence-electron chi connectivity index (χ2n) is 3.98. The molecule has 0 aliphatic carbocycles. The highest BCUT2D eigenvalue weighted by atomic mass is 32.1. The van der Waals surface area contributed by atoms with Gasteiger partial charge < -0.3 is 4.74 Å². The maximum atomic E-state index is 5.47. The molecule has 0 aliphatic heterocycles. The van der Waals surface area contributed by atoms with Crippen LogP contribution in [0.1, 0.15) is 12.5 Å². The van der Waals surface area contributed by atoms with Crippen molar-refractivity contribution in [1.82, 2.24) is 0 Å². The summed E-state index contributed by atoms with van der Waals surface area (Å²) in [5, 5.41) is 0. The number of rotatable bonds is 3. The third-order valence-corrected chi connectivity index (χ3v) is 2.96. The smallest absolute Gasteiger partial charge is 0.132 e. The standard InChI is InChI=1S/C15H16OS/c1-3-16-14-8-7-13(10-15(14)17)12-6-4-5-11(2)9-12/h4-10,17H,3H2,1-2H3. The van der Waals surface area contributed by atoms with Gasteiger partial charge in [-0.15, -0.1) is 12.6 Å². The average Bonchev–Trinajstić information content (AvgIpc) is 2.32. The molecule has 0 fully saturated rings. The van der Waals surface area contributed by atoms with Gasteiger partial charge in [0.2, 0.25) is 0 Å². The van der Waals surface area contributed by atoms with Crippen LogP contribution in [0.25, 0.3) is 11.1 Å². The maximum Gasteiger partial charge on any atom is 0.132 e. The van der Waals surface area contributed by atoms with E-state index in [0.717, 1.165) is 10.6 Å². The van der Waals surface area contributed by atoms with E-state index >= 15 is 0 Å². The van der Waals surface area contributed by atoms with Crippen LogP contribution < -0.4 is 4.74 Å². The second-order valence-corrected chi connectivity index (χ2v) is 4.47. The van der Waals surface area contributed by atoms with Crippen LogP contribution in [0.2, 0.25) is 0 Å². The minimum absolute atomic E-state index is 0.664. The van der Waals surface area contributed by atoms with E-state index in [1.807, 2.05) is 19.1 Å². The molecule has 2 aromatic carbocycles. The van der Waals surface area contributed by atoms with E-state index in [-0.39, 0.29) is 0 Å². The molecule has 0 unspecified atom stereocenters. The predicted octanol–water partition coefficient (Wildman–Crippen LogP) is 4.35. The average molecular weight is 244 g/mol. The summed E-state index contributed by atoms with van der Waals surface area (Å²) >= 11 is 4.45. The van der Waals surface area contributed by atoms with E-state index < -0.39 is 0 Å². The molecule has 88 valence electrons. The first-order valence-corrected chi connectivity index (χ1v) is 6.18. The molecule has 0 heterocycles. The van der Waals surface area contributed by atoms with Gasteiger partial charge in [0.25, 0.3) is 0 Å². The number of aryl methyl sites for hydroxylation is 1. The third kappa shape index (κ3) is 2.83. The van der Waals surface area contributed by atoms with Crippen molar-refractivity contribution in [1.29, 1.82) is 0 Å². The molecule has 0 aromatic heterocycles. The molecule has 2 aromatic rings. The summed E-state index contributed by atoms with van der Waals surface area (Å²) in [6.07, 6.45) is 0. The van der Waals surface area contributed by atoms with Crippen molar-refractivity contribution in [3.05, 3.63) is 48.0 Å². The SMILES string of the molecule is CCOc1ccc(-c2cccc(C)c2)cc1S. The summed E-state index contributed by atoms with van der Waals surface area (Å²) in [7, 11) is 0. The first kappa shape index (κ1) is 12.1. The van der Waals surface area contributed by atoms with Gasteiger partial charge in [0, 0.05) is 4.90 Å². The number of benzene rings is 2. The minimum atomic E-state index is 0.664. The van der Waals surface area contributed by atoms with Crippen molar-refractivity contribution in [3.63, 3.8) is 0 Å². The molecule has 1 nitrogen and oxygen atoms in total. The largest absolute Gasteiger partial charge is 0.493 e. The molecule has 0 N–H and O–H groups in total. The highest BCUT2D eigenvalue weighted by Crippen LogP contribution is 2.29. The van der Waals surface area contributed by atoms with Crippen LogP contribution in [0.3, 0.4) is 0 Å². The molecule has 0 radical (unpaired) electrons. The number of hydrogen-bond donors (Lipinski definition) is 1. The van der Waals surface area contributed by atoms with Gasteiger partial charge in [-0.2, -0.15) is 0 Å². The Morgan fingerprint density at radius 2 is 1.82 bits per heavy atom. The van der Waals surface area contributed by atoms with E-state index in [1.54, 1.807) is 0 Å². The van der Waals surface area contributed by atoms with Crippen LogP contribution in [0.5, 0.6) is 5.75 Å². The van der Waals surface area contributed by atoms with E-state index in [2.05, 4.69) is 49.9 Å². The molecule has 0 aliphatic rings. The summed E-state index contributed by atoms with van der Waals surface area (Å²) in [5.41, 5.74) is 3.64. The Morgan fingerprint density at radius 3 is 2.47 bits per heavy atom. The van der Waals surface area contributed by atoms with Gasteiger partial charge in [0.05, 0.1) is 6.61 Å². The highest BCUT2D eigenvalue weighted by molar-refractivity contribution is 7.80. The Morgan fingerprint density at radius 1 is 1.06 bits per heavy atom. The molecular weight excluding hydrogens is 228 g/mol. The number of hydrogen-bond acceptors (Lipinski definition) is 2. The quantitative estimate of drug-likeness (QED) is 0.790. The Labute approximate surface area is 108 Å². The lowest BCUT2D eigenvalue weighted by Gasteiger charge is -2.09. The fourth-order valence-electron chi connectivity index (χ4n) is 1.80. The number of thiol groups is 1. The molecular formula is C15H16OS. The van der Waals surface area contributed by atoms with Crippen molar-refractivity contribution >= 4 is 12.6 Å². The Hall–Kier alpha value is -1.41. The van der Waals surface area contributed by atoms with Crippen molar-refractivity contribution in [2.45, 2.75) is 18.7 Å². The summed E-state index contributed by atoms with van der Waals surface area (Å²) in [5.74, 6) is 0.840. The van der Waals surface area contributed by atoms with E-state index in [9.17, 15) is 0 Å². The maximum absolute atomic E-state index is 5.47. The lowest BCUT2D eigenvalue weighted by atomic mass is 10.0. The fourth-order valence-corrected chi connectivity index (χ4v) is 2.08. The van der Waals surface area contributed by atoms with Crippen molar-refractivity contribution < 1.29 is 4.74 Å². The normalized spacial score (nSPS) is 10.3. The summed E-state index contributed by atoms with van der Waals surface area (Å²) in [4.78, 5) is 0.880. The molecule has 0 bridgehead atoms. The third-order valence-electron chi connectivity index (χ3n) is 2.61. The van der Waals surface area contributed by atoms with Crippen LogP contribution in [-0.2, 0) is 0 Å². The Bertz CT molecular complexity index is 520. The summed E-state index contributed by atoms with van der Waals surface area (Å²) in [6.45, 7) is 4.73. The number of ether oxygens (including phenoxy) is 1. The van der Waals surface area contributed by atoms with Gasteiger partial charge >= 0.3 is 0 Å². The summed E-state index contributed by atoms with van der Waals surface area (Å²) < 4.78 is 5.47. The molecule has 0 saturated carbocycles. The molecule has 0 atom stereocenters. The van der Waals surface area contributed by atoms with E-state index in [4.69, 9.17) is 4.74 Å². The Kier molecular flexibility index (Phi) is 3.75. The molecule has 0 amide bonds. The van der Waals surface area contributed by atoms with Crippen LogP contribution >= 0.6 is 12.6 Å². The van der Waals surface area contributed by atoms with Crippen molar-refractivity contribution in [2.24, 2.45) is 0 Å². The van der Waals surface area contributed by atoms with Crippen LogP contribution in [0.4, 0.5) is 0 Å². The van der Waals surface area contributed by atoms with Crippen LogP contribution in [0, 0.1) is 6.92 Å². The van der Waals surface area contributed by atoms with Gasteiger partial charge in [-0.05, 0) is 37.1 Å². The van der Waals surface area contributed by atoms with Gasteiger partial charge in [-0.25, -0.2) is 0 Å². The zero-order valence-electron chi connectivity index (χ0n) is 10.1. The van der Waals surface area contributed by atoms with Crippen LogP contribution in [-0.4, -0.2) is 6.61 Å².